The normalized spacial score (nSPS) is 19.7. The number of carbonyl (C=O) groups excluding carboxylic acids is 2. The molecule has 166 valence electrons. The molecule has 2 aliphatic heterocycles. The minimum Gasteiger partial charge on any atom is -0.493 e. The number of likely N-dealkylation sites (tertiary alicyclic amines) is 2. The number of nitrogens with zero attached hydrogens (tertiary/aromatic N) is 4. The number of hydrogen-bond acceptors (Lipinski definition) is 5. The van der Waals surface area contributed by atoms with Crippen LogP contribution in [0.3, 0.4) is 0 Å². The van der Waals surface area contributed by atoms with Gasteiger partial charge in [-0.05, 0) is 37.0 Å². The number of rotatable bonds is 7. The monoisotopic (exact) mass is 426 g/mol. The van der Waals surface area contributed by atoms with Gasteiger partial charge in [-0.15, -0.1) is 0 Å². The Morgan fingerprint density at radius 1 is 1.16 bits per heavy atom. The fourth-order valence-electron chi connectivity index (χ4n) is 4.58. The summed E-state index contributed by atoms with van der Waals surface area (Å²) in [7, 11) is 3.22. The van der Waals surface area contributed by atoms with E-state index < -0.39 is 0 Å². The molecule has 3 heterocycles. The van der Waals surface area contributed by atoms with Gasteiger partial charge in [0.15, 0.2) is 11.5 Å². The molecule has 0 saturated carbocycles. The minimum atomic E-state index is -0.234. The van der Waals surface area contributed by atoms with E-state index in [9.17, 15) is 9.59 Å². The van der Waals surface area contributed by atoms with Crippen molar-refractivity contribution >= 4 is 11.8 Å². The van der Waals surface area contributed by atoms with Gasteiger partial charge in [0.2, 0.25) is 11.8 Å². The van der Waals surface area contributed by atoms with Crippen molar-refractivity contribution in [2.24, 2.45) is 5.92 Å². The van der Waals surface area contributed by atoms with Gasteiger partial charge in [-0.2, -0.15) is 0 Å². The third-order valence-corrected chi connectivity index (χ3v) is 6.40. The second kappa shape index (κ2) is 9.41. The van der Waals surface area contributed by atoms with Crippen LogP contribution in [0.25, 0.3) is 0 Å². The van der Waals surface area contributed by atoms with Gasteiger partial charge in [0.05, 0.1) is 26.5 Å². The number of amides is 2. The zero-order chi connectivity index (χ0) is 21.8. The molecule has 8 nitrogen and oxygen atoms in total. The maximum absolute atomic E-state index is 13.0. The van der Waals surface area contributed by atoms with Crippen LogP contribution in [0.4, 0.5) is 0 Å². The molecule has 2 amide bonds. The molecule has 2 aliphatic rings. The first-order valence-electron chi connectivity index (χ1n) is 10.8. The molecule has 2 aromatic rings. The maximum atomic E-state index is 13.0. The van der Waals surface area contributed by atoms with Crippen molar-refractivity contribution in [2.75, 3.05) is 40.4 Å². The van der Waals surface area contributed by atoms with Crippen LogP contribution >= 0.6 is 0 Å². The minimum absolute atomic E-state index is 0.0622. The molecule has 0 radical (unpaired) electrons. The van der Waals surface area contributed by atoms with Crippen molar-refractivity contribution in [1.82, 2.24) is 19.4 Å². The lowest BCUT2D eigenvalue weighted by molar-refractivity contribution is -0.137. The van der Waals surface area contributed by atoms with E-state index in [1.807, 2.05) is 40.5 Å². The standard InChI is InChI=1S/C23H30N4O4/c1-30-20-4-3-17(13-21(20)31-2)5-9-26-15-18(14-22(26)28)23(29)25-10-6-19(7-11-25)27-12-8-24-16-27/h3-4,8,12-13,16,18-19H,5-7,9-11,14-15H2,1-2H3/t18-/m0/s1. The molecule has 0 aliphatic carbocycles. The highest BCUT2D eigenvalue weighted by Crippen LogP contribution is 2.29. The fraction of sp³-hybridized carbons (Fsp3) is 0.522. The Labute approximate surface area is 182 Å². The molecule has 2 saturated heterocycles. The van der Waals surface area contributed by atoms with Crippen LogP contribution in [-0.4, -0.2) is 71.6 Å². The summed E-state index contributed by atoms with van der Waals surface area (Å²) < 4.78 is 12.8. The molecule has 8 heteroatoms. The van der Waals surface area contributed by atoms with Crippen molar-refractivity contribution in [1.29, 1.82) is 0 Å². The highest BCUT2D eigenvalue weighted by Gasteiger charge is 2.37. The van der Waals surface area contributed by atoms with E-state index in [-0.39, 0.29) is 17.7 Å². The molecular weight excluding hydrogens is 396 g/mol. The molecule has 0 N–H and O–H groups in total. The number of hydrogen-bond donors (Lipinski definition) is 0. The molecular formula is C23H30N4O4. The second-order valence-electron chi connectivity index (χ2n) is 8.25. The largest absolute Gasteiger partial charge is 0.493 e. The summed E-state index contributed by atoms with van der Waals surface area (Å²) in [5.74, 6) is 1.31. The van der Waals surface area contributed by atoms with Gasteiger partial charge in [-0.25, -0.2) is 4.98 Å². The van der Waals surface area contributed by atoms with E-state index in [1.165, 1.54) is 0 Å². The van der Waals surface area contributed by atoms with E-state index in [2.05, 4.69) is 9.55 Å². The van der Waals surface area contributed by atoms with E-state index in [0.29, 0.717) is 43.5 Å². The van der Waals surface area contributed by atoms with Crippen LogP contribution in [0.2, 0.25) is 0 Å². The topological polar surface area (TPSA) is 76.9 Å². The molecule has 1 aromatic carbocycles. The first kappa shape index (κ1) is 21.2. The first-order valence-corrected chi connectivity index (χ1v) is 10.8. The number of methoxy groups -OCH3 is 2. The van der Waals surface area contributed by atoms with Crippen molar-refractivity contribution in [3.05, 3.63) is 42.5 Å². The number of carbonyl (C=O) groups is 2. The van der Waals surface area contributed by atoms with Gasteiger partial charge in [-0.1, -0.05) is 6.07 Å². The lowest BCUT2D eigenvalue weighted by atomic mass is 10.0. The van der Waals surface area contributed by atoms with Crippen LogP contribution in [0.1, 0.15) is 30.9 Å². The summed E-state index contributed by atoms with van der Waals surface area (Å²) in [6.07, 6.45) is 8.48. The fourth-order valence-corrected chi connectivity index (χ4v) is 4.58. The molecule has 1 atom stereocenters. The van der Waals surface area contributed by atoms with Crippen molar-refractivity contribution in [3.63, 3.8) is 0 Å². The highest BCUT2D eigenvalue weighted by molar-refractivity contribution is 5.89. The lowest BCUT2D eigenvalue weighted by Gasteiger charge is -2.34. The van der Waals surface area contributed by atoms with Gasteiger partial charge >= 0.3 is 0 Å². The number of aromatic nitrogens is 2. The Hall–Kier alpha value is -3.03. The molecule has 2 fully saturated rings. The van der Waals surface area contributed by atoms with Crippen LogP contribution in [0, 0.1) is 5.92 Å². The van der Waals surface area contributed by atoms with Gasteiger partial charge in [0.1, 0.15) is 0 Å². The highest BCUT2D eigenvalue weighted by atomic mass is 16.5. The number of benzene rings is 1. The van der Waals surface area contributed by atoms with E-state index in [0.717, 1.165) is 31.5 Å². The van der Waals surface area contributed by atoms with Gasteiger partial charge in [-0.3, -0.25) is 9.59 Å². The second-order valence-corrected chi connectivity index (χ2v) is 8.25. The zero-order valence-electron chi connectivity index (χ0n) is 18.2. The summed E-state index contributed by atoms with van der Waals surface area (Å²) in [5.41, 5.74) is 1.07. The summed E-state index contributed by atoms with van der Waals surface area (Å²) in [6.45, 7) is 2.57. The SMILES string of the molecule is COc1ccc(CCN2C[C@@H](C(=O)N3CCC(n4ccnc4)CC3)CC2=O)cc1OC. The average molecular weight is 427 g/mol. The number of piperidine rings is 1. The summed E-state index contributed by atoms with van der Waals surface area (Å²) in [4.78, 5) is 33.4. The number of ether oxygens (including phenoxy) is 2. The third kappa shape index (κ3) is 4.68. The Morgan fingerprint density at radius 2 is 1.94 bits per heavy atom. The Balaban J connectivity index is 1.28. The molecule has 0 bridgehead atoms. The first-order chi connectivity index (χ1) is 15.1. The smallest absolute Gasteiger partial charge is 0.227 e. The molecule has 31 heavy (non-hydrogen) atoms. The van der Waals surface area contributed by atoms with Crippen molar-refractivity contribution in [2.45, 2.75) is 31.7 Å². The summed E-state index contributed by atoms with van der Waals surface area (Å²) >= 11 is 0. The van der Waals surface area contributed by atoms with Crippen LogP contribution in [-0.2, 0) is 16.0 Å². The van der Waals surface area contributed by atoms with Gasteiger partial charge < -0.3 is 23.8 Å². The van der Waals surface area contributed by atoms with Crippen LogP contribution < -0.4 is 9.47 Å². The van der Waals surface area contributed by atoms with E-state index in [4.69, 9.17) is 9.47 Å². The Morgan fingerprint density at radius 3 is 2.61 bits per heavy atom. The Kier molecular flexibility index (Phi) is 6.44. The van der Waals surface area contributed by atoms with Crippen LogP contribution in [0.5, 0.6) is 11.5 Å². The predicted octanol–water partition coefficient (Wildman–Crippen LogP) is 2.15. The van der Waals surface area contributed by atoms with Gasteiger partial charge in [0, 0.05) is 51.0 Å². The van der Waals surface area contributed by atoms with Crippen LogP contribution in [0.15, 0.2) is 36.9 Å². The quantitative estimate of drug-likeness (QED) is 0.678. The molecule has 4 rings (SSSR count). The van der Waals surface area contributed by atoms with Crippen molar-refractivity contribution in [3.8, 4) is 11.5 Å². The zero-order valence-corrected chi connectivity index (χ0v) is 18.2. The number of imidazole rings is 1. The van der Waals surface area contributed by atoms with E-state index in [1.54, 1.807) is 20.4 Å². The summed E-state index contributed by atoms with van der Waals surface area (Å²) in [5, 5.41) is 0. The molecule has 1 aromatic heterocycles. The lowest BCUT2D eigenvalue weighted by Crippen LogP contribution is -2.42. The summed E-state index contributed by atoms with van der Waals surface area (Å²) in [6, 6.07) is 6.19. The van der Waals surface area contributed by atoms with Gasteiger partial charge in [0.25, 0.3) is 0 Å². The predicted molar refractivity (Wildman–Crippen MR) is 115 cm³/mol. The average Bonchev–Trinajstić information content (AvgIpc) is 3.47. The van der Waals surface area contributed by atoms with Crippen molar-refractivity contribution < 1.29 is 19.1 Å². The molecule has 0 spiro atoms. The molecule has 0 unspecified atom stereocenters. The van der Waals surface area contributed by atoms with E-state index >= 15 is 0 Å². The Bertz CT molecular complexity index is 906. The third-order valence-electron chi connectivity index (χ3n) is 6.40. The maximum Gasteiger partial charge on any atom is 0.227 e.